The van der Waals surface area contributed by atoms with Crippen LogP contribution in [0.3, 0.4) is 0 Å². The van der Waals surface area contributed by atoms with Crippen molar-refractivity contribution in [1.82, 2.24) is 73.7 Å². The van der Waals surface area contributed by atoms with Crippen LogP contribution in [0.2, 0.25) is 0 Å². The van der Waals surface area contributed by atoms with Crippen LogP contribution in [-0.4, -0.2) is 263 Å². The van der Waals surface area contributed by atoms with E-state index >= 15 is 0 Å². The standard InChI is InChI=1S/C21H24FN3O4.C20H22FN3O4.C20H23N3O4.C19H23N3O4S.C17H21N3O4S2/c1-13(2)12-28-21(27)25-10-18(11-25)29-17-6-14(3)24-19(8-17)20(26)7-16-5-4-15(22)9-23-16;1-3-6-27-20(26)24-11-17(12-24)28-16-7-13(2)23-18(9-16)19(25)8-15-5-4-14(21)10-22-15;1-4-26-20(25)23-11-17(12-23)27-16-7-14(3)22-18(9-16)19(24)8-15-6-5-13(2)10-21-15;1-11(2)25-19(24)22-8-15(9-22)26-14-5-12(3)20-16(6-14)17(23)7-18-21-13(4)10-27-18;1-4-26(22,23)20-8-14(9-20)24-13-5-11(2)18-15(6-13)16(21)7-17-19-12(3)10-25-17/h4-6,8-9,13,18H,7,10-12H2,1-3H3;4-5,7,9-10,17H,3,6,8,11-12H2,1-2H3;5-7,9-10,17H,4,8,11-12H2,1-3H3;5-6,10-11,15H,7-9H2,1-4H3;5-6,10,14H,4,7-9H2,1-3H3. The van der Waals surface area contributed by atoms with Crippen molar-refractivity contribution in [3.8, 4) is 28.7 Å². The number of hydrogen-bond acceptors (Lipinski definition) is 32. The highest BCUT2D eigenvalue weighted by atomic mass is 32.2. The van der Waals surface area contributed by atoms with E-state index in [2.05, 4.69) is 49.8 Å². The number of nitrogens with zero attached hydrogens (tertiary/aromatic N) is 15. The summed E-state index contributed by atoms with van der Waals surface area (Å²) in [4.78, 5) is 158. The summed E-state index contributed by atoms with van der Waals surface area (Å²) in [6.07, 6.45) is 3.12. The van der Waals surface area contributed by atoms with Gasteiger partial charge in [-0.05, 0) is 131 Å². The van der Waals surface area contributed by atoms with Crippen LogP contribution in [0.5, 0.6) is 28.7 Å². The van der Waals surface area contributed by atoms with E-state index in [1.807, 2.05) is 92.1 Å². The number of likely N-dealkylation sites (tertiary alicyclic amines) is 4. The van der Waals surface area contributed by atoms with Crippen molar-refractivity contribution in [2.75, 3.05) is 91.0 Å². The fourth-order valence-corrected chi connectivity index (χ4v) is 16.3. The summed E-state index contributed by atoms with van der Waals surface area (Å²) in [6.45, 7) is 33.1. The molecule has 10 aromatic rings. The Bertz CT molecular complexity index is 6010. The molecule has 0 radical (unpaired) electrons. The Morgan fingerprint density at radius 2 is 0.701 bits per heavy atom. The zero-order chi connectivity index (χ0) is 98.9. The number of amides is 4. The van der Waals surface area contributed by atoms with Gasteiger partial charge in [-0.3, -0.25) is 38.9 Å². The number of thiazole rings is 2. The molecule has 0 bridgehead atoms. The average molecular weight is 1940 g/mol. The second kappa shape index (κ2) is 48.9. The second-order valence-corrected chi connectivity index (χ2v) is 38.1. The largest absolute Gasteiger partial charge is 0.488 e. The first kappa shape index (κ1) is 104. The van der Waals surface area contributed by atoms with Gasteiger partial charge in [-0.15, -0.1) is 22.7 Å². The molecule has 0 aliphatic carbocycles. The molecule has 35 nitrogen and oxygen atoms in total. The number of halogens is 2. The number of hydrogen-bond donors (Lipinski definition) is 0. The lowest BCUT2D eigenvalue weighted by Crippen LogP contribution is -2.56. The van der Waals surface area contributed by atoms with E-state index in [0.29, 0.717) is 177 Å². The first-order valence-electron chi connectivity index (χ1n) is 44.8. The van der Waals surface area contributed by atoms with Crippen molar-refractivity contribution in [2.24, 2.45) is 5.92 Å². The van der Waals surface area contributed by atoms with E-state index in [1.54, 1.807) is 121 Å². The SMILES string of the molecule is CCCOC(=O)N1CC(Oc2cc(C)nc(C(=O)Cc3ccc(F)cn3)c2)C1.CCOC(=O)N1CC(Oc2cc(C)nc(C(=O)Cc3ccc(C)cn3)c2)C1.CCS(=O)(=O)N1CC(Oc2cc(C)nc(C(=O)Cc3nc(C)cs3)c2)C1.Cc1cc(OC2CN(C(=O)OC(C)C)C2)cc(C(=O)Cc2nc(C)cs2)n1.Cc1cc(OC2CN(C(=O)OCC(C)C)C2)cc(C(=O)Cc2ccc(F)cn2)n1. The monoisotopic (exact) mass is 1940 g/mol. The molecule has 5 aliphatic heterocycles. The van der Waals surface area contributed by atoms with E-state index in [4.69, 9.17) is 42.6 Å². The van der Waals surface area contributed by atoms with Gasteiger partial charge in [0, 0.05) is 135 Å². The van der Waals surface area contributed by atoms with E-state index in [-0.39, 0.29) is 145 Å². The molecular weight excluding hydrogens is 1830 g/mol. The number of Topliss-reactive ketones (excluding diaryl/α,β-unsaturated/α-hetero) is 5. The van der Waals surface area contributed by atoms with E-state index in [9.17, 15) is 60.3 Å². The van der Waals surface area contributed by atoms with Crippen LogP contribution in [0.1, 0.15) is 180 Å². The maximum atomic E-state index is 13.0. The molecule has 5 fully saturated rings. The van der Waals surface area contributed by atoms with Crippen LogP contribution in [0.4, 0.5) is 28.0 Å². The molecule has 0 unspecified atom stereocenters. The summed E-state index contributed by atoms with van der Waals surface area (Å²) in [5, 5.41) is 5.38. The van der Waals surface area contributed by atoms with Crippen molar-refractivity contribution in [2.45, 2.75) is 179 Å². The lowest BCUT2D eigenvalue weighted by Gasteiger charge is -2.38. The first-order chi connectivity index (χ1) is 65.2. The van der Waals surface area contributed by atoms with Crippen LogP contribution < -0.4 is 23.7 Å². The number of carbonyl (C=O) groups excluding carboxylic acids is 9. The molecular formula is C97H113F2N15O20S3. The smallest absolute Gasteiger partial charge is 0.410 e. The van der Waals surface area contributed by atoms with Gasteiger partial charge in [-0.1, -0.05) is 26.8 Å². The number of ether oxygens (including phenoxy) is 9. The van der Waals surface area contributed by atoms with Gasteiger partial charge in [-0.2, -0.15) is 4.31 Å². The van der Waals surface area contributed by atoms with Crippen LogP contribution in [-0.2, 0) is 61.1 Å². The molecule has 0 aromatic carbocycles. The Hall–Kier alpha value is -13.3. The van der Waals surface area contributed by atoms with Gasteiger partial charge in [0.1, 0.15) is 109 Å². The Balaban J connectivity index is 0.000000164. The van der Waals surface area contributed by atoms with Crippen LogP contribution >= 0.6 is 22.7 Å². The Kier molecular flexibility index (Phi) is 37.2. The molecule has 0 spiro atoms. The zero-order valence-electron chi connectivity index (χ0n) is 79.2. The molecule has 0 N–H and O–H groups in total. The molecule has 0 saturated carbocycles. The minimum atomic E-state index is -3.17. The van der Waals surface area contributed by atoms with Crippen molar-refractivity contribution in [1.29, 1.82) is 0 Å². The fourth-order valence-electron chi connectivity index (χ4n) is 13.6. The third-order valence-electron chi connectivity index (χ3n) is 20.7. The lowest BCUT2D eigenvalue weighted by atomic mass is 10.1. The molecule has 15 heterocycles. The quantitative estimate of drug-likeness (QED) is 0.0272. The summed E-state index contributed by atoms with van der Waals surface area (Å²) in [5.74, 6) is 1.44. The predicted molar refractivity (Wildman–Crippen MR) is 502 cm³/mol. The molecule has 5 saturated heterocycles. The van der Waals surface area contributed by atoms with E-state index in [0.717, 1.165) is 45.8 Å². The molecule has 4 amide bonds. The Morgan fingerprint density at radius 3 is 0.985 bits per heavy atom. The van der Waals surface area contributed by atoms with E-state index < -0.39 is 21.7 Å². The molecule has 10 aromatic heterocycles. The number of rotatable bonds is 33. The Morgan fingerprint density at radius 1 is 0.387 bits per heavy atom. The third kappa shape index (κ3) is 32.2. The highest BCUT2D eigenvalue weighted by molar-refractivity contribution is 7.89. The van der Waals surface area contributed by atoms with Crippen molar-refractivity contribution in [3.05, 3.63) is 239 Å². The highest BCUT2D eigenvalue weighted by Crippen LogP contribution is 2.30. The number of aromatic nitrogens is 10. The maximum absolute atomic E-state index is 13.0. The molecule has 728 valence electrons. The van der Waals surface area contributed by atoms with E-state index in [1.165, 1.54) is 51.2 Å². The predicted octanol–water partition coefficient (Wildman–Crippen LogP) is 14.1. The van der Waals surface area contributed by atoms with Crippen molar-refractivity contribution >= 4 is 86.0 Å². The van der Waals surface area contributed by atoms with Gasteiger partial charge in [0.05, 0.1) is 142 Å². The molecule has 15 rings (SSSR count). The summed E-state index contributed by atoms with van der Waals surface area (Å²) >= 11 is 2.93. The van der Waals surface area contributed by atoms with Gasteiger partial charge in [-0.25, -0.2) is 71.3 Å². The number of aryl methyl sites for hydroxylation is 8. The number of pyridine rings is 8. The first-order valence-corrected chi connectivity index (χ1v) is 48.2. The van der Waals surface area contributed by atoms with Gasteiger partial charge >= 0.3 is 24.4 Å². The molecule has 40 heteroatoms. The minimum Gasteiger partial charge on any atom is -0.488 e. The second-order valence-electron chi connectivity index (χ2n) is 33.9. The zero-order valence-corrected chi connectivity index (χ0v) is 81.6. The molecule has 0 atom stereocenters. The van der Waals surface area contributed by atoms with Crippen LogP contribution in [0.25, 0.3) is 0 Å². The molecule has 137 heavy (non-hydrogen) atoms. The van der Waals surface area contributed by atoms with Crippen LogP contribution in [0, 0.1) is 72.9 Å². The van der Waals surface area contributed by atoms with Crippen LogP contribution in [0.15, 0.2) is 126 Å². The summed E-state index contributed by atoms with van der Waals surface area (Å²) in [7, 11) is -3.17. The summed E-state index contributed by atoms with van der Waals surface area (Å²) in [6, 6.07) is 26.2. The number of carbonyl (C=O) groups is 9. The number of ketones is 5. The van der Waals surface area contributed by atoms with Crippen molar-refractivity contribution in [3.63, 3.8) is 0 Å². The third-order valence-corrected chi connectivity index (χ3v) is 24.4. The van der Waals surface area contributed by atoms with Crippen molar-refractivity contribution < 1.29 is 103 Å². The summed E-state index contributed by atoms with van der Waals surface area (Å²) < 4.78 is 101. The normalized spacial score (nSPS) is 14.2. The van der Waals surface area contributed by atoms with Gasteiger partial charge < -0.3 is 62.2 Å². The highest BCUT2D eigenvalue weighted by Gasteiger charge is 2.40. The van der Waals surface area contributed by atoms with Gasteiger partial charge in [0.15, 0.2) is 28.9 Å². The average Bonchev–Trinajstić information content (AvgIpc) is 0.875. The maximum Gasteiger partial charge on any atom is 0.410 e. The molecule has 5 aliphatic rings. The minimum absolute atomic E-state index is 0.0229. The summed E-state index contributed by atoms with van der Waals surface area (Å²) in [5.41, 5.74) is 9.48. The Labute approximate surface area is 801 Å². The van der Waals surface area contributed by atoms with Gasteiger partial charge in [0.2, 0.25) is 10.0 Å². The van der Waals surface area contributed by atoms with Gasteiger partial charge in [0.25, 0.3) is 0 Å². The lowest BCUT2D eigenvalue weighted by molar-refractivity contribution is 0.00154. The number of sulfonamides is 1. The topological polar surface area (TPSA) is 416 Å². The fraction of sp³-hybridized carbons (Fsp3) is 0.433.